The second-order valence-electron chi connectivity index (χ2n) is 12.8. The maximum Gasteiger partial charge on any atom is 0.318 e. The first-order valence-electron chi connectivity index (χ1n) is 17.1. The lowest BCUT2D eigenvalue weighted by Crippen LogP contribution is -2.39. The number of likely N-dealkylation sites (tertiary alicyclic amines) is 1. The maximum absolute atomic E-state index is 13.6. The lowest BCUT2D eigenvalue weighted by atomic mass is 10.0. The van der Waals surface area contributed by atoms with Crippen LogP contribution < -0.4 is 15.0 Å². The Morgan fingerprint density at radius 1 is 1.02 bits per heavy atom. The number of carbonyl (C=O) groups is 2. The number of nitrogens with zero attached hydrogens (tertiary/aromatic N) is 9. The predicted octanol–water partition coefficient (Wildman–Crippen LogP) is 6.60. The Kier molecular flexibility index (Phi) is 10.3. The molecule has 3 aromatic carbocycles. The van der Waals surface area contributed by atoms with Crippen molar-refractivity contribution in [3.63, 3.8) is 0 Å². The van der Waals surface area contributed by atoms with Crippen LogP contribution in [0.25, 0.3) is 22.6 Å². The Bertz CT molecular complexity index is 2250. The molecule has 0 bridgehead atoms. The van der Waals surface area contributed by atoms with Gasteiger partial charge in [-0.2, -0.15) is 9.97 Å². The lowest BCUT2D eigenvalue weighted by Gasteiger charge is -2.32. The first-order valence-corrected chi connectivity index (χ1v) is 17.9. The van der Waals surface area contributed by atoms with E-state index in [0.717, 1.165) is 45.4 Å². The summed E-state index contributed by atoms with van der Waals surface area (Å²) in [5.74, 6) is 0.937. The van der Waals surface area contributed by atoms with E-state index in [-0.39, 0.29) is 23.7 Å². The smallest absolute Gasteiger partial charge is 0.318 e. The van der Waals surface area contributed by atoms with Crippen molar-refractivity contribution in [2.24, 2.45) is 0 Å². The van der Waals surface area contributed by atoms with Gasteiger partial charge in [-0.05, 0) is 92.9 Å². The van der Waals surface area contributed by atoms with Gasteiger partial charge in [0.1, 0.15) is 17.6 Å². The monoisotopic (exact) mass is 776 g/mol. The Balaban J connectivity index is 0.961. The molecule has 0 saturated carbocycles. The number of rotatable bonds is 10. The van der Waals surface area contributed by atoms with Crippen molar-refractivity contribution >= 4 is 39.2 Å². The number of aryl methyl sites for hydroxylation is 1. The molecule has 15 heteroatoms. The second kappa shape index (κ2) is 15.3. The van der Waals surface area contributed by atoms with E-state index in [1.54, 1.807) is 44.5 Å². The number of hydrogen-bond acceptors (Lipinski definition) is 11. The molecular weight excluding hydrogens is 740 g/mol. The summed E-state index contributed by atoms with van der Waals surface area (Å²) in [6, 6.07) is 22.1. The molecule has 7 rings (SSSR count). The summed E-state index contributed by atoms with van der Waals surface area (Å²) < 4.78 is 13.5. The van der Waals surface area contributed by atoms with Gasteiger partial charge in [-0.3, -0.25) is 9.59 Å². The highest BCUT2D eigenvalue weighted by Gasteiger charge is 2.27. The van der Waals surface area contributed by atoms with E-state index in [1.807, 2.05) is 71.0 Å². The van der Waals surface area contributed by atoms with Gasteiger partial charge >= 0.3 is 6.01 Å². The highest BCUT2D eigenvalue weighted by molar-refractivity contribution is 9.10. The summed E-state index contributed by atoms with van der Waals surface area (Å²) in [5.41, 5.74) is 5.35. The van der Waals surface area contributed by atoms with Crippen molar-refractivity contribution in [2.45, 2.75) is 38.8 Å². The summed E-state index contributed by atoms with van der Waals surface area (Å²) in [7, 11) is 3.48. The standard InChI is InChI=1S/C38H37BrN10O4/c1-23-8-13-30(47(3)33-14-17-40-38(42-33)52-4)21-31(23)32-22-49(46-44-32)29-15-18-48(19-16-29)37(51)27-7-5-6-26(20-27)35(50)41-24(2)36-43-34(45-53-36)25-9-11-28(39)12-10-25/h5-14,17,20-22,24,29H,15-16,18-19H2,1-4H3,(H,41,50). The minimum absolute atomic E-state index is 0.0903. The van der Waals surface area contributed by atoms with Crippen molar-refractivity contribution in [2.75, 3.05) is 32.1 Å². The number of piperidine rings is 1. The lowest BCUT2D eigenvalue weighted by molar-refractivity contribution is 0.0689. The predicted molar refractivity (Wildman–Crippen MR) is 201 cm³/mol. The van der Waals surface area contributed by atoms with Crippen molar-refractivity contribution < 1.29 is 18.8 Å². The molecule has 0 radical (unpaired) electrons. The van der Waals surface area contributed by atoms with Crippen molar-refractivity contribution in [3.8, 4) is 28.7 Å². The maximum atomic E-state index is 13.6. The number of hydrogen-bond donors (Lipinski definition) is 1. The molecule has 1 atom stereocenters. The SMILES string of the molecule is COc1nccc(N(C)c2ccc(C)c(-c3cn(C4CCN(C(=O)c5cccc(C(=O)NC(C)c6nc(-c7ccc(Br)cc7)no6)c5)CC4)nn3)c2)n1. The van der Waals surface area contributed by atoms with E-state index in [1.165, 1.54) is 0 Å². The van der Waals surface area contributed by atoms with E-state index in [0.29, 0.717) is 41.9 Å². The minimum atomic E-state index is -0.543. The van der Waals surface area contributed by atoms with Gasteiger partial charge in [0.15, 0.2) is 0 Å². The van der Waals surface area contributed by atoms with Crippen LogP contribution in [0.15, 0.2) is 94.2 Å². The molecule has 1 saturated heterocycles. The molecule has 1 N–H and O–H groups in total. The molecule has 1 aliphatic rings. The Morgan fingerprint density at radius 3 is 2.57 bits per heavy atom. The van der Waals surface area contributed by atoms with Gasteiger partial charge in [0.05, 0.1) is 19.3 Å². The molecule has 53 heavy (non-hydrogen) atoms. The van der Waals surface area contributed by atoms with Crippen molar-refractivity contribution in [1.82, 2.24) is 45.3 Å². The quantitative estimate of drug-likeness (QED) is 0.160. The van der Waals surface area contributed by atoms with Gasteiger partial charge in [0.2, 0.25) is 11.7 Å². The summed E-state index contributed by atoms with van der Waals surface area (Å²) in [5, 5.41) is 16.0. The first-order chi connectivity index (χ1) is 25.7. The molecule has 4 heterocycles. The number of amides is 2. The third kappa shape index (κ3) is 7.79. The third-order valence-corrected chi connectivity index (χ3v) is 9.83. The molecule has 270 valence electrons. The Hall–Kier alpha value is -5.96. The van der Waals surface area contributed by atoms with Gasteiger partial charge in [-0.25, -0.2) is 9.67 Å². The van der Waals surface area contributed by atoms with Crippen LogP contribution in [-0.2, 0) is 0 Å². The Labute approximate surface area is 314 Å². The normalized spacial score (nSPS) is 13.8. The van der Waals surface area contributed by atoms with Crippen LogP contribution in [0.4, 0.5) is 11.5 Å². The van der Waals surface area contributed by atoms with Gasteiger partial charge in [-0.1, -0.05) is 38.4 Å². The summed E-state index contributed by atoms with van der Waals surface area (Å²) in [6.07, 6.45) is 5.07. The van der Waals surface area contributed by atoms with E-state index in [2.05, 4.69) is 63.8 Å². The first kappa shape index (κ1) is 35.4. The number of benzene rings is 3. The number of methoxy groups -OCH3 is 1. The van der Waals surface area contributed by atoms with Crippen LogP contribution in [-0.4, -0.2) is 79.1 Å². The molecule has 1 aliphatic heterocycles. The number of carbonyl (C=O) groups excluding carboxylic acids is 2. The average molecular weight is 778 g/mol. The number of anilines is 2. The molecule has 6 aromatic rings. The zero-order valence-corrected chi connectivity index (χ0v) is 31.2. The van der Waals surface area contributed by atoms with Gasteiger partial charge in [0.25, 0.3) is 11.8 Å². The fraction of sp³-hybridized carbons (Fsp3) is 0.263. The van der Waals surface area contributed by atoms with E-state index < -0.39 is 6.04 Å². The van der Waals surface area contributed by atoms with Crippen molar-refractivity contribution in [1.29, 1.82) is 0 Å². The topological polar surface area (TPSA) is 157 Å². The average Bonchev–Trinajstić information content (AvgIpc) is 3.90. The zero-order valence-electron chi connectivity index (χ0n) is 29.6. The number of aromatic nitrogens is 7. The summed E-state index contributed by atoms with van der Waals surface area (Å²) in [6.45, 7) is 4.91. The number of ether oxygens (including phenoxy) is 1. The van der Waals surface area contributed by atoms with Crippen LogP contribution >= 0.6 is 15.9 Å². The molecule has 0 spiro atoms. The fourth-order valence-electron chi connectivity index (χ4n) is 6.20. The van der Waals surface area contributed by atoms with Crippen LogP contribution in [0.3, 0.4) is 0 Å². The van der Waals surface area contributed by atoms with E-state index >= 15 is 0 Å². The molecule has 2 amide bonds. The second-order valence-corrected chi connectivity index (χ2v) is 13.7. The third-order valence-electron chi connectivity index (χ3n) is 9.30. The van der Waals surface area contributed by atoms with Crippen molar-refractivity contribution in [3.05, 3.63) is 112 Å². The minimum Gasteiger partial charge on any atom is -0.467 e. The Morgan fingerprint density at radius 2 is 1.79 bits per heavy atom. The zero-order chi connectivity index (χ0) is 37.1. The molecule has 1 fully saturated rings. The summed E-state index contributed by atoms with van der Waals surface area (Å²) >= 11 is 3.42. The van der Waals surface area contributed by atoms with Crippen LogP contribution in [0.1, 0.15) is 64.0 Å². The largest absolute Gasteiger partial charge is 0.467 e. The van der Waals surface area contributed by atoms with Gasteiger partial charge in [-0.15, -0.1) is 5.10 Å². The molecule has 0 aliphatic carbocycles. The molecular formula is C38H37BrN10O4. The van der Waals surface area contributed by atoms with Crippen LogP contribution in [0.2, 0.25) is 0 Å². The van der Waals surface area contributed by atoms with E-state index in [4.69, 9.17) is 9.26 Å². The van der Waals surface area contributed by atoms with Crippen LogP contribution in [0.5, 0.6) is 6.01 Å². The summed E-state index contributed by atoms with van der Waals surface area (Å²) in [4.78, 5) is 43.6. The van der Waals surface area contributed by atoms with Gasteiger partial charge in [0, 0.05) is 58.7 Å². The highest BCUT2D eigenvalue weighted by atomic mass is 79.9. The van der Waals surface area contributed by atoms with Gasteiger partial charge < -0.3 is 24.4 Å². The fourth-order valence-corrected chi connectivity index (χ4v) is 6.47. The number of halogens is 1. The highest BCUT2D eigenvalue weighted by Crippen LogP contribution is 2.31. The van der Waals surface area contributed by atoms with Crippen LogP contribution in [0, 0.1) is 6.92 Å². The van der Waals surface area contributed by atoms with E-state index in [9.17, 15) is 9.59 Å². The molecule has 14 nitrogen and oxygen atoms in total. The molecule has 1 unspecified atom stereocenters. The number of nitrogens with one attached hydrogen (secondary N) is 1. The molecule has 3 aromatic heterocycles.